The molecule has 2 amide bonds. The molecule has 0 saturated carbocycles. The van der Waals surface area contributed by atoms with Crippen molar-refractivity contribution in [3.8, 4) is 0 Å². The molecule has 1 aromatic carbocycles. The van der Waals surface area contributed by atoms with E-state index in [2.05, 4.69) is 17.0 Å². The number of halogens is 1. The van der Waals surface area contributed by atoms with Crippen LogP contribution in [0, 0.1) is 12.7 Å². The molecule has 3 N–H and O–H groups in total. The Bertz CT molecular complexity index is 804. The first-order valence-electron chi connectivity index (χ1n) is 9.64. The molecule has 0 aromatic heterocycles. The Morgan fingerprint density at radius 3 is 2.86 bits per heavy atom. The van der Waals surface area contributed by atoms with Gasteiger partial charge in [-0.1, -0.05) is 12.1 Å². The summed E-state index contributed by atoms with van der Waals surface area (Å²) in [6.45, 7) is 9.30. The Labute approximate surface area is 165 Å². The first kappa shape index (κ1) is 20.1. The molecule has 2 aliphatic rings. The molecule has 1 fully saturated rings. The van der Waals surface area contributed by atoms with Gasteiger partial charge in [-0.2, -0.15) is 0 Å². The molecule has 0 unspecified atom stereocenters. The highest BCUT2D eigenvalue weighted by Gasteiger charge is 2.37. The number of nitrogens with zero attached hydrogens (tertiary/aromatic N) is 3. The largest absolute Gasteiger partial charge is 0.384 e. The Balaban J connectivity index is 2.09. The Morgan fingerprint density at radius 1 is 1.36 bits per heavy atom. The van der Waals surface area contributed by atoms with Crippen LogP contribution in [0.2, 0.25) is 0 Å². The molecular formula is C21H28FN5O. The summed E-state index contributed by atoms with van der Waals surface area (Å²) in [6.07, 6.45) is 4.36. The molecule has 6 nitrogen and oxygen atoms in total. The zero-order valence-corrected chi connectivity index (χ0v) is 16.5. The fourth-order valence-electron chi connectivity index (χ4n) is 3.95. The van der Waals surface area contributed by atoms with Crippen molar-refractivity contribution in [1.82, 2.24) is 10.2 Å². The van der Waals surface area contributed by atoms with Crippen LogP contribution >= 0.6 is 0 Å². The first-order chi connectivity index (χ1) is 13.4. The van der Waals surface area contributed by atoms with Crippen LogP contribution in [0.4, 0.5) is 14.9 Å². The topological polar surface area (TPSA) is 74.0 Å². The maximum atomic E-state index is 14.6. The van der Waals surface area contributed by atoms with Gasteiger partial charge >= 0.3 is 6.03 Å². The van der Waals surface area contributed by atoms with Gasteiger partial charge in [-0.15, -0.1) is 0 Å². The second kappa shape index (κ2) is 8.56. The predicted molar refractivity (Wildman–Crippen MR) is 111 cm³/mol. The van der Waals surface area contributed by atoms with Gasteiger partial charge in [-0.25, -0.2) is 14.2 Å². The van der Waals surface area contributed by atoms with Crippen molar-refractivity contribution in [2.75, 3.05) is 24.5 Å². The third-order valence-corrected chi connectivity index (χ3v) is 5.37. The molecule has 1 atom stereocenters. The van der Waals surface area contributed by atoms with Crippen molar-refractivity contribution >= 4 is 18.4 Å². The number of carbonyl (C=O) groups excluding carboxylic acids is 1. The van der Waals surface area contributed by atoms with Crippen molar-refractivity contribution < 1.29 is 9.18 Å². The summed E-state index contributed by atoms with van der Waals surface area (Å²) in [5.41, 5.74) is 8.65. The van der Waals surface area contributed by atoms with Gasteiger partial charge in [0.2, 0.25) is 0 Å². The molecule has 0 bridgehead atoms. The lowest BCUT2D eigenvalue weighted by atomic mass is 10.0. The highest BCUT2D eigenvalue weighted by molar-refractivity contribution is 5.96. The van der Waals surface area contributed by atoms with Crippen molar-refractivity contribution in [3.63, 3.8) is 0 Å². The number of aliphatic imine (C=N–C) groups is 1. The van der Waals surface area contributed by atoms with Crippen molar-refractivity contribution in [3.05, 3.63) is 52.7 Å². The number of nitrogens with one attached hydrogen (secondary N) is 1. The monoisotopic (exact) mass is 385 g/mol. The number of hydrogen-bond acceptors (Lipinski definition) is 4. The summed E-state index contributed by atoms with van der Waals surface area (Å²) in [7, 11) is 0. The SMILES string of the molecule is C=N/C(N)=C\C1=C(C)CN(c2c(C)cccc2F)C(=O)N1[C@H]1CCCNCC1. The number of benzene rings is 1. The van der Waals surface area contributed by atoms with Crippen LogP contribution in [-0.2, 0) is 0 Å². The minimum atomic E-state index is -0.394. The van der Waals surface area contributed by atoms with Crippen LogP contribution in [0.25, 0.3) is 0 Å². The van der Waals surface area contributed by atoms with E-state index in [1.165, 1.54) is 11.0 Å². The smallest absolute Gasteiger partial charge is 0.329 e. The summed E-state index contributed by atoms with van der Waals surface area (Å²) in [5.74, 6) is -0.135. The Hall–Kier alpha value is -2.67. The van der Waals surface area contributed by atoms with Gasteiger partial charge in [0, 0.05) is 12.1 Å². The third kappa shape index (κ3) is 3.94. The van der Waals surface area contributed by atoms with Gasteiger partial charge in [0.25, 0.3) is 0 Å². The van der Waals surface area contributed by atoms with E-state index in [0.29, 0.717) is 12.2 Å². The van der Waals surface area contributed by atoms with E-state index in [-0.39, 0.29) is 17.9 Å². The fourth-order valence-corrected chi connectivity index (χ4v) is 3.95. The molecule has 150 valence electrons. The molecule has 0 spiro atoms. The molecule has 2 aliphatic heterocycles. The number of para-hydroxylation sites is 1. The standard InChI is InChI=1S/C21H28FN5O/c1-14-6-4-8-17(22)20(14)26-13-15(2)18(12-19(23)24-3)27(21(26)28)16-7-5-10-25-11-9-16/h4,6,8,12,16,25H,3,5,7,9-11,13,23H2,1-2H3/b19-12-/t16-/m0/s1. The molecule has 28 heavy (non-hydrogen) atoms. The Kier molecular flexibility index (Phi) is 6.14. The van der Waals surface area contributed by atoms with Crippen LogP contribution in [-0.4, -0.2) is 43.3 Å². The van der Waals surface area contributed by atoms with Crippen molar-refractivity contribution in [2.24, 2.45) is 10.7 Å². The van der Waals surface area contributed by atoms with E-state index < -0.39 is 5.82 Å². The van der Waals surface area contributed by atoms with E-state index in [1.807, 2.05) is 19.9 Å². The van der Waals surface area contributed by atoms with Gasteiger partial charge in [0.15, 0.2) is 0 Å². The van der Waals surface area contributed by atoms with E-state index >= 15 is 0 Å². The van der Waals surface area contributed by atoms with Crippen molar-refractivity contribution in [1.29, 1.82) is 0 Å². The summed E-state index contributed by atoms with van der Waals surface area (Å²) in [4.78, 5) is 20.7. The lowest BCUT2D eigenvalue weighted by Crippen LogP contribution is -2.52. The van der Waals surface area contributed by atoms with E-state index in [9.17, 15) is 9.18 Å². The summed E-state index contributed by atoms with van der Waals surface area (Å²) >= 11 is 0. The molecule has 3 rings (SSSR count). The minimum Gasteiger partial charge on any atom is -0.384 e. The quantitative estimate of drug-likeness (QED) is 0.781. The summed E-state index contributed by atoms with van der Waals surface area (Å²) in [5, 5.41) is 3.37. The molecule has 0 radical (unpaired) electrons. The molecule has 2 heterocycles. The van der Waals surface area contributed by atoms with Crippen LogP contribution < -0.4 is 16.0 Å². The number of hydrogen-bond donors (Lipinski definition) is 2. The van der Waals surface area contributed by atoms with E-state index in [4.69, 9.17) is 5.73 Å². The second-order valence-electron chi connectivity index (χ2n) is 7.37. The fraction of sp³-hybridized carbons (Fsp3) is 0.429. The number of nitrogens with two attached hydrogens (primary N) is 1. The maximum Gasteiger partial charge on any atom is 0.329 e. The molecular weight excluding hydrogens is 357 g/mol. The lowest BCUT2D eigenvalue weighted by Gasteiger charge is -2.41. The third-order valence-electron chi connectivity index (χ3n) is 5.37. The number of aryl methyl sites for hydroxylation is 1. The van der Waals surface area contributed by atoms with Gasteiger partial charge in [0.1, 0.15) is 11.6 Å². The molecule has 0 aliphatic carbocycles. The normalized spacial score (nSPS) is 21.8. The minimum absolute atomic E-state index is 0.0104. The average Bonchev–Trinajstić information content (AvgIpc) is 2.94. The number of anilines is 1. The van der Waals surface area contributed by atoms with Crippen LogP contribution in [0.15, 0.2) is 46.4 Å². The zero-order valence-electron chi connectivity index (χ0n) is 16.5. The van der Waals surface area contributed by atoms with Crippen LogP contribution in [0.1, 0.15) is 31.7 Å². The maximum absolute atomic E-state index is 14.6. The van der Waals surface area contributed by atoms with Gasteiger partial charge < -0.3 is 11.1 Å². The van der Waals surface area contributed by atoms with Crippen LogP contribution in [0.5, 0.6) is 0 Å². The predicted octanol–water partition coefficient (Wildman–Crippen LogP) is 3.29. The van der Waals surface area contributed by atoms with Crippen LogP contribution in [0.3, 0.4) is 0 Å². The number of amides is 2. The van der Waals surface area contributed by atoms with Gasteiger partial charge in [0.05, 0.1) is 17.9 Å². The number of carbonyl (C=O) groups is 1. The lowest BCUT2D eigenvalue weighted by molar-refractivity contribution is 0.193. The molecule has 7 heteroatoms. The number of rotatable bonds is 4. The van der Waals surface area contributed by atoms with Crippen molar-refractivity contribution in [2.45, 2.75) is 39.2 Å². The molecule has 1 saturated heterocycles. The summed E-state index contributed by atoms with van der Waals surface area (Å²) < 4.78 is 14.6. The van der Waals surface area contributed by atoms with E-state index in [1.54, 1.807) is 17.0 Å². The first-order valence-corrected chi connectivity index (χ1v) is 9.64. The molecule has 1 aromatic rings. The average molecular weight is 385 g/mol. The van der Waals surface area contributed by atoms with Gasteiger partial charge in [-0.05, 0) is 70.1 Å². The summed E-state index contributed by atoms with van der Waals surface area (Å²) in [6, 6.07) is 4.65. The Morgan fingerprint density at radius 2 is 2.14 bits per heavy atom. The highest BCUT2D eigenvalue weighted by Crippen LogP contribution is 2.34. The zero-order chi connectivity index (χ0) is 20.3. The van der Waals surface area contributed by atoms with Gasteiger partial charge in [-0.3, -0.25) is 9.80 Å². The number of allylic oxidation sites excluding steroid dienone is 1. The highest BCUT2D eigenvalue weighted by atomic mass is 19.1. The number of urea groups is 1. The second-order valence-corrected chi connectivity index (χ2v) is 7.37. The van der Waals surface area contributed by atoms with E-state index in [0.717, 1.165) is 49.2 Å².